The Morgan fingerprint density at radius 1 is 1.29 bits per heavy atom. The summed E-state index contributed by atoms with van der Waals surface area (Å²) in [4.78, 5) is 30.7. The number of hydrogen-bond donors (Lipinski definition) is 1. The highest BCUT2D eigenvalue weighted by molar-refractivity contribution is 5.80. The van der Waals surface area contributed by atoms with Crippen LogP contribution in [0.1, 0.15) is 56.9 Å². The number of fused-ring (bicyclic) bond motifs is 1. The first-order valence-corrected chi connectivity index (χ1v) is 10.2. The Balaban J connectivity index is 1.54. The molecular formula is C21H27N3O4. The van der Waals surface area contributed by atoms with Crippen LogP contribution in [0.3, 0.4) is 0 Å². The molecule has 2 atom stereocenters. The van der Waals surface area contributed by atoms with Crippen LogP contribution in [0.15, 0.2) is 28.7 Å². The topological polar surface area (TPSA) is 86.9 Å². The van der Waals surface area contributed by atoms with Gasteiger partial charge in [0.2, 0.25) is 18.2 Å². The highest BCUT2D eigenvalue weighted by atomic mass is 16.5. The number of carbonyl (C=O) groups excluding carboxylic acids is 2. The number of para-hydroxylation sites is 2. The second-order valence-electron chi connectivity index (χ2n) is 8.02. The molecule has 1 aliphatic heterocycles. The summed E-state index contributed by atoms with van der Waals surface area (Å²) >= 11 is 0. The van der Waals surface area contributed by atoms with E-state index in [9.17, 15) is 14.8 Å². The van der Waals surface area contributed by atoms with Crippen molar-refractivity contribution in [2.24, 2.45) is 11.8 Å². The van der Waals surface area contributed by atoms with E-state index in [-0.39, 0.29) is 18.5 Å². The maximum Gasteiger partial charge on any atom is 0.233 e. The minimum absolute atomic E-state index is 0.0162. The number of carbonyl (C=O) groups is 2. The van der Waals surface area contributed by atoms with Gasteiger partial charge in [-0.05, 0) is 37.3 Å². The number of rotatable bonds is 7. The van der Waals surface area contributed by atoms with E-state index in [1.807, 2.05) is 29.2 Å². The molecule has 150 valence electrons. The Kier molecular flexibility index (Phi) is 5.62. The molecular weight excluding hydrogens is 358 g/mol. The molecule has 1 aromatic carbocycles. The van der Waals surface area contributed by atoms with Crippen LogP contribution in [0.5, 0.6) is 0 Å². The number of amides is 2. The zero-order valence-electron chi connectivity index (χ0n) is 16.0. The quantitative estimate of drug-likeness (QED) is 0.447. The minimum atomic E-state index is -0.400. The number of hydroxylamine groups is 2. The number of nitrogens with zero attached hydrogens (tertiary/aromatic N) is 3. The second kappa shape index (κ2) is 8.31. The van der Waals surface area contributed by atoms with Gasteiger partial charge in [0.1, 0.15) is 11.6 Å². The molecule has 1 aromatic heterocycles. The lowest BCUT2D eigenvalue weighted by molar-refractivity contribution is -0.157. The minimum Gasteiger partial charge on any atom is -0.438 e. The van der Waals surface area contributed by atoms with Gasteiger partial charge < -0.3 is 9.32 Å². The van der Waals surface area contributed by atoms with Crippen LogP contribution in [-0.4, -0.2) is 45.6 Å². The molecule has 2 fully saturated rings. The zero-order valence-corrected chi connectivity index (χ0v) is 16.0. The van der Waals surface area contributed by atoms with Gasteiger partial charge in [0, 0.05) is 6.54 Å². The molecule has 0 unspecified atom stereocenters. The van der Waals surface area contributed by atoms with E-state index >= 15 is 0 Å². The largest absolute Gasteiger partial charge is 0.438 e. The van der Waals surface area contributed by atoms with Crippen molar-refractivity contribution in [2.45, 2.75) is 51.0 Å². The van der Waals surface area contributed by atoms with Crippen molar-refractivity contribution in [3.05, 3.63) is 30.2 Å². The average Bonchev–Trinajstić information content (AvgIpc) is 3.45. The molecule has 4 rings (SSSR count). The maximum absolute atomic E-state index is 13.4. The zero-order chi connectivity index (χ0) is 19.5. The molecule has 1 saturated carbocycles. The summed E-state index contributed by atoms with van der Waals surface area (Å²) < 4.78 is 5.93. The van der Waals surface area contributed by atoms with Gasteiger partial charge in [-0.25, -0.2) is 10.0 Å². The summed E-state index contributed by atoms with van der Waals surface area (Å²) in [5, 5.41) is 10.3. The molecule has 7 nitrogen and oxygen atoms in total. The summed E-state index contributed by atoms with van der Waals surface area (Å²) in [6, 6.07) is 7.42. The number of aromatic nitrogens is 1. The van der Waals surface area contributed by atoms with Gasteiger partial charge in [0.05, 0.1) is 12.5 Å². The average molecular weight is 385 g/mol. The molecule has 2 amide bonds. The predicted molar refractivity (Wildman–Crippen MR) is 102 cm³/mol. The van der Waals surface area contributed by atoms with Crippen LogP contribution in [0.25, 0.3) is 11.1 Å². The first-order valence-electron chi connectivity index (χ1n) is 10.2. The van der Waals surface area contributed by atoms with Gasteiger partial charge in [0.15, 0.2) is 5.58 Å². The molecule has 0 spiro atoms. The Labute approximate surface area is 164 Å². The first kappa shape index (κ1) is 18.9. The normalized spacial score (nSPS) is 21.3. The summed E-state index contributed by atoms with van der Waals surface area (Å²) in [6.07, 6.45) is 7.40. The molecule has 1 N–H and O–H groups in total. The fourth-order valence-electron chi connectivity index (χ4n) is 4.73. The van der Waals surface area contributed by atoms with E-state index < -0.39 is 5.92 Å². The number of likely N-dealkylation sites (tertiary alicyclic amines) is 1. The molecule has 2 aliphatic rings. The fourth-order valence-corrected chi connectivity index (χ4v) is 4.73. The van der Waals surface area contributed by atoms with Crippen molar-refractivity contribution in [3.63, 3.8) is 0 Å². The summed E-state index contributed by atoms with van der Waals surface area (Å²) in [7, 11) is 0. The SMILES string of the molecule is O=CN(O)C[C@H](CC1CCCC1)C(=O)N1CCC[C@H]1c1nc2ccccc2o1. The van der Waals surface area contributed by atoms with Crippen molar-refractivity contribution >= 4 is 23.4 Å². The van der Waals surface area contributed by atoms with Gasteiger partial charge in [-0.15, -0.1) is 0 Å². The Morgan fingerprint density at radius 2 is 2.07 bits per heavy atom. The molecule has 1 saturated heterocycles. The maximum atomic E-state index is 13.4. The van der Waals surface area contributed by atoms with Crippen molar-refractivity contribution < 1.29 is 19.2 Å². The van der Waals surface area contributed by atoms with Crippen LogP contribution < -0.4 is 0 Å². The lowest BCUT2D eigenvalue weighted by Crippen LogP contribution is -2.41. The van der Waals surface area contributed by atoms with E-state index in [4.69, 9.17) is 4.42 Å². The van der Waals surface area contributed by atoms with Gasteiger partial charge in [-0.3, -0.25) is 14.8 Å². The molecule has 0 radical (unpaired) electrons. The Bertz CT molecular complexity index is 797. The van der Waals surface area contributed by atoms with E-state index in [2.05, 4.69) is 4.98 Å². The third kappa shape index (κ3) is 3.90. The summed E-state index contributed by atoms with van der Waals surface area (Å²) in [5.41, 5.74) is 1.52. The van der Waals surface area contributed by atoms with Crippen LogP contribution in [0.2, 0.25) is 0 Å². The van der Waals surface area contributed by atoms with Crippen LogP contribution in [-0.2, 0) is 9.59 Å². The molecule has 7 heteroatoms. The van der Waals surface area contributed by atoms with Crippen LogP contribution in [0.4, 0.5) is 0 Å². The van der Waals surface area contributed by atoms with E-state index in [1.165, 1.54) is 12.8 Å². The number of benzene rings is 1. The van der Waals surface area contributed by atoms with Gasteiger partial charge in [-0.1, -0.05) is 37.8 Å². The van der Waals surface area contributed by atoms with Crippen LogP contribution in [0, 0.1) is 11.8 Å². The Hall–Kier alpha value is -2.41. The number of oxazole rings is 1. The predicted octanol–water partition coefficient (Wildman–Crippen LogP) is 3.54. The van der Waals surface area contributed by atoms with E-state index in [0.29, 0.717) is 36.2 Å². The third-order valence-electron chi connectivity index (χ3n) is 6.10. The highest BCUT2D eigenvalue weighted by Gasteiger charge is 2.38. The molecule has 2 aromatic rings. The second-order valence-corrected chi connectivity index (χ2v) is 8.02. The van der Waals surface area contributed by atoms with E-state index in [1.54, 1.807) is 0 Å². The lowest BCUT2D eigenvalue weighted by Gasteiger charge is -2.29. The molecule has 1 aliphatic carbocycles. The van der Waals surface area contributed by atoms with Crippen molar-refractivity contribution in [1.29, 1.82) is 0 Å². The van der Waals surface area contributed by atoms with Gasteiger partial charge in [0.25, 0.3) is 0 Å². The standard InChI is InChI=1S/C21H27N3O4/c25-14-23(27)13-16(12-15-6-1-2-7-15)21(26)24-11-5-9-18(24)20-22-17-8-3-4-10-19(17)28-20/h3-4,8,10,14-16,18,27H,1-2,5-7,9,11-13H2/t16-,18-/m0/s1. The lowest BCUT2D eigenvalue weighted by atomic mass is 9.91. The smallest absolute Gasteiger partial charge is 0.233 e. The third-order valence-corrected chi connectivity index (χ3v) is 6.10. The highest BCUT2D eigenvalue weighted by Crippen LogP contribution is 2.36. The van der Waals surface area contributed by atoms with Crippen molar-refractivity contribution in [1.82, 2.24) is 14.9 Å². The Morgan fingerprint density at radius 3 is 2.82 bits per heavy atom. The first-order chi connectivity index (χ1) is 13.7. The number of hydrogen-bond acceptors (Lipinski definition) is 5. The van der Waals surface area contributed by atoms with Crippen molar-refractivity contribution in [3.8, 4) is 0 Å². The van der Waals surface area contributed by atoms with Gasteiger partial charge >= 0.3 is 0 Å². The molecule has 2 heterocycles. The summed E-state index contributed by atoms with van der Waals surface area (Å²) in [6.45, 7) is 0.686. The fraction of sp³-hybridized carbons (Fsp3) is 0.571. The summed E-state index contributed by atoms with van der Waals surface area (Å²) in [5.74, 6) is 0.642. The van der Waals surface area contributed by atoms with E-state index in [0.717, 1.165) is 36.8 Å². The monoisotopic (exact) mass is 385 g/mol. The van der Waals surface area contributed by atoms with Crippen LogP contribution >= 0.6 is 0 Å². The van der Waals surface area contributed by atoms with Crippen molar-refractivity contribution in [2.75, 3.05) is 13.1 Å². The molecule has 0 bridgehead atoms. The molecule has 28 heavy (non-hydrogen) atoms. The van der Waals surface area contributed by atoms with Gasteiger partial charge in [-0.2, -0.15) is 0 Å².